The fourth-order valence-corrected chi connectivity index (χ4v) is 8.65. The zero-order valence-corrected chi connectivity index (χ0v) is 35.0. The fraction of sp³-hybridized carbons (Fsp3) is 0.500. The second-order valence-electron chi connectivity index (χ2n) is 14.8. The van der Waals surface area contributed by atoms with Crippen molar-refractivity contribution in [2.45, 2.75) is 106 Å². The van der Waals surface area contributed by atoms with Gasteiger partial charge in [0.25, 0.3) is 0 Å². The summed E-state index contributed by atoms with van der Waals surface area (Å²) in [5.41, 5.74) is 12.8. The van der Waals surface area contributed by atoms with Crippen LogP contribution in [0.3, 0.4) is 0 Å². The summed E-state index contributed by atoms with van der Waals surface area (Å²) in [6.07, 6.45) is 1.56. The smallest absolute Gasteiger partial charge is 0.244 e. The molecule has 0 radical (unpaired) electrons. The predicted molar refractivity (Wildman–Crippen MR) is 221 cm³/mol. The molecule has 1 aliphatic heterocycles. The maximum absolute atomic E-state index is 14.3. The van der Waals surface area contributed by atoms with Gasteiger partial charge in [-0.2, -0.15) is 0 Å². The van der Waals surface area contributed by atoms with Crippen molar-refractivity contribution in [3.8, 4) is 5.75 Å². The average molecular weight is 849 g/mol. The number of carbonyl (C=O) groups is 7. The van der Waals surface area contributed by atoms with Gasteiger partial charge in [0.05, 0.1) is 19.1 Å². The largest absolute Gasteiger partial charge is 0.508 e. The molecule has 3 rings (SSSR count). The molecule has 0 aliphatic carbocycles. The third-order valence-electron chi connectivity index (χ3n) is 9.03. The molecule has 0 unspecified atom stereocenters. The van der Waals surface area contributed by atoms with Crippen LogP contribution < -0.4 is 43.4 Å². The summed E-state index contributed by atoms with van der Waals surface area (Å²) in [5, 5.41) is 26.1. The topological polar surface area (TPSA) is 264 Å². The van der Waals surface area contributed by atoms with Crippen LogP contribution in [0, 0.1) is 0 Å². The van der Waals surface area contributed by atoms with Crippen LogP contribution in [0.5, 0.6) is 5.75 Å². The van der Waals surface area contributed by atoms with Crippen molar-refractivity contribution in [2.75, 3.05) is 13.1 Å². The summed E-state index contributed by atoms with van der Waals surface area (Å²) in [5.74, 6) is -4.86. The number of phenolic OH excluding ortho intramolecular Hbond substituents is 1. The van der Waals surface area contributed by atoms with Crippen molar-refractivity contribution < 1.29 is 38.7 Å². The van der Waals surface area contributed by atoms with Crippen LogP contribution in [0.2, 0.25) is 5.02 Å². The first kappa shape index (κ1) is 46.9. The van der Waals surface area contributed by atoms with Crippen LogP contribution in [0.4, 0.5) is 0 Å². The third-order valence-corrected chi connectivity index (χ3v) is 13.5. The van der Waals surface area contributed by atoms with Gasteiger partial charge in [-0.05, 0) is 75.9 Å². The zero-order valence-electron chi connectivity index (χ0n) is 32.6. The molecule has 1 aliphatic rings. The quantitative estimate of drug-likeness (QED) is 0.121. The lowest BCUT2D eigenvalue weighted by atomic mass is 9.99. The molecule has 19 heteroatoms. The van der Waals surface area contributed by atoms with Gasteiger partial charge in [0.2, 0.25) is 41.4 Å². The van der Waals surface area contributed by atoms with Crippen molar-refractivity contribution >= 4 is 74.5 Å². The van der Waals surface area contributed by atoms with E-state index in [1.54, 1.807) is 64.1 Å². The molecule has 5 atom stereocenters. The van der Waals surface area contributed by atoms with Gasteiger partial charge in [-0.25, -0.2) is 0 Å². The molecular weight excluding hydrogens is 796 g/mol. The Morgan fingerprint density at radius 1 is 0.912 bits per heavy atom. The summed E-state index contributed by atoms with van der Waals surface area (Å²) in [4.78, 5) is 93.6. The Labute approximate surface area is 345 Å². The highest BCUT2D eigenvalue weighted by atomic mass is 35.5. The Morgan fingerprint density at radius 3 is 2.14 bits per heavy atom. The lowest BCUT2D eigenvalue weighted by Gasteiger charge is -2.39. The average Bonchev–Trinajstić information content (AvgIpc) is 3.15. The molecule has 2 aromatic carbocycles. The number of nitrogens with two attached hydrogens (primary N) is 2. The minimum absolute atomic E-state index is 0.0152. The lowest BCUT2D eigenvalue weighted by Crippen LogP contribution is -2.63. The minimum atomic E-state index is -1.33. The van der Waals surface area contributed by atoms with Crippen molar-refractivity contribution in [1.29, 1.82) is 0 Å². The Morgan fingerprint density at radius 2 is 1.53 bits per heavy atom. The second kappa shape index (κ2) is 21.3. The van der Waals surface area contributed by atoms with E-state index in [4.69, 9.17) is 23.1 Å². The molecule has 0 bridgehead atoms. The number of benzene rings is 2. The van der Waals surface area contributed by atoms with E-state index in [1.807, 2.05) is 6.92 Å². The Balaban J connectivity index is 2.01. The maximum atomic E-state index is 14.3. The molecular formula is C38H53ClN8O8S2. The number of hydrogen-bond acceptors (Lipinski definition) is 11. The van der Waals surface area contributed by atoms with E-state index in [2.05, 4.69) is 31.9 Å². The monoisotopic (exact) mass is 848 g/mol. The minimum Gasteiger partial charge on any atom is -0.508 e. The highest BCUT2D eigenvalue weighted by Gasteiger charge is 2.45. The molecule has 0 spiro atoms. The molecule has 1 heterocycles. The van der Waals surface area contributed by atoms with Gasteiger partial charge in [-0.1, -0.05) is 77.2 Å². The zero-order chi connectivity index (χ0) is 42.5. The number of hydrogen-bond donors (Lipinski definition) is 9. The van der Waals surface area contributed by atoms with Crippen LogP contribution in [-0.4, -0.2) is 99.2 Å². The molecule has 0 aromatic heterocycles. The third kappa shape index (κ3) is 14.7. The normalized spacial score (nSPS) is 21.0. The van der Waals surface area contributed by atoms with E-state index in [-0.39, 0.29) is 25.0 Å². The molecule has 0 saturated carbocycles. The van der Waals surface area contributed by atoms with Crippen molar-refractivity contribution in [3.63, 3.8) is 0 Å². The Hall–Kier alpha value is -4.52. The molecule has 1 saturated heterocycles. The SMILES string of the molecule is CCCC[C@H](NC(=O)[C@H]1NC(=O)[C@H](Cc2ccc(Cl)cc2)NC(=O)CNC(=O)[C@H](NC(=O)[C@@H](N)Cc2ccc(O)cc2)C(C)(C)SSC1(C)C)C(=O)NCC(N)=O. The predicted octanol–water partition coefficient (Wildman–Crippen LogP) is 0.957. The molecule has 312 valence electrons. The summed E-state index contributed by atoms with van der Waals surface area (Å²) < 4.78 is -2.30. The number of nitrogens with one attached hydrogen (secondary N) is 6. The molecule has 16 nitrogen and oxygen atoms in total. The maximum Gasteiger partial charge on any atom is 0.244 e. The van der Waals surface area contributed by atoms with Gasteiger partial charge >= 0.3 is 0 Å². The van der Waals surface area contributed by atoms with Gasteiger partial charge in [0.15, 0.2) is 0 Å². The number of unbranched alkanes of at least 4 members (excludes halogenated alkanes) is 1. The first-order valence-corrected chi connectivity index (χ1v) is 20.9. The van der Waals surface area contributed by atoms with Crippen LogP contribution in [-0.2, 0) is 46.4 Å². The number of rotatable bonds is 14. The summed E-state index contributed by atoms with van der Waals surface area (Å²) in [6, 6.07) is 6.81. The van der Waals surface area contributed by atoms with Gasteiger partial charge in [-0.15, -0.1) is 0 Å². The number of primary amides is 1. The molecule has 7 amide bonds. The van der Waals surface area contributed by atoms with E-state index in [1.165, 1.54) is 12.1 Å². The first-order chi connectivity index (χ1) is 26.7. The van der Waals surface area contributed by atoms with Gasteiger partial charge < -0.3 is 48.5 Å². The van der Waals surface area contributed by atoms with Crippen LogP contribution in [0.15, 0.2) is 48.5 Å². The van der Waals surface area contributed by atoms with Crippen molar-refractivity contribution in [3.05, 3.63) is 64.7 Å². The van der Waals surface area contributed by atoms with Crippen LogP contribution in [0.25, 0.3) is 0 Å². The second-order valence-corrected chi connectivity index (χ2v) is 18.7. The van der Waals surface area contributed by atoms with Gasteiger partial charge in [0, 0.05) is 20.9 Å². The van der Waals surface area contributed by atoms with Crippen LogP contribution in [0.1, 0.15) is 65.0 Å². The lowest BCUT2D eigenvalue weighted by molar-refractivity contribution is -0.134. The first-order valence-electron chi connectivity index (χ1n) is 18.4. The number of carbonyl (C=O) groups excluding carboxylic acids is 7. The highest BCUT2D eigenvalue weighted by Crippen LogP contribution is 2.46. The van der Waals surface area contributed by atoms with Crippen LogP contribution >= 0.6 is 33.2 Å². The summed E-state index contributed by atoms with van der Waals surface area (Å²) in [7, 11) is 2.32. The van der Waals surface area contributed by atoms with E-state index >= 15 is 0 Å². The van der Waals surface area contributed by atoms with Gasteiger partial charge in [0.1, 0.15) is 29.9 Å². The van der Waals surface area contributed by atoms with E-state index in [9.17, 15) is 38.7 Å². The molecule has 57 heavy (non-hydrogen) atoms. The summed E-state index contributed by atoms with van der Waals surface area (Å²) >= 11 is 6.08. The molecule has 1 fully saturated rings. The number of phenols is 1. The molecule has 2 aromatic rings. The van der Waals surface area contributed by atoms with E-state index in [0.29, 0.717) is 29.0 Å². The summed E-state index contributed by atoms with van der Waals surface area (Å²) in [6.45, 7) is 7.69. The van der Waals surface area contributed by atoms with Crippen molar-refractivity contribution in [1.82, 2.24) is 31.9 Å². The Bertz CT molecular complexity index is 1760. The van der Waals surface area contributed by atoms with Crippen molar-refractivity contribution in [2.24, 2.45) is 11.5 Å². The van der Waals surface area contributed by atoms with Gasteiger partial charge in [-0.3, -0.25) is 33.6 Å². The van der Waals surface area contributed by atoms with E-state index < -0.39 is 94.1 Å². The molecule has 11 N–H and O–H groups in total. The Kier molecular flexibility index (Phi) is 17.5. The van der Waals surface area contributed by atoms with E-state index in [0.717, 1.165) is 21.6 Å². The number of aromatic hydroxyl groups is 1. The fourth-order valence-electron chi connectivity index (χ4n) is 5.70. The highest BCUT2D eigenvalue weighted by molar-refractivity contribution is 8.77. The number of amides is 7. The standard InChI is InChI=1S/C38H53ClN8O8S2/c1-6-7-8-26(33(52)42-19-28(41)49)45-36(55)31-38(4,5)57-56-37(2,3)30(46-32(51)25(40)17-21-11-15-24(48)16-12-21)35(54)43-20-29(50)44-27(34(53)47-31)18-22-9-13-23(39)14-10-22/h9-16,25-27,30-31,48H,6-8,17-20,40H2,1-5H3,(H2,41,49)(H,42,52)(H,43,54)(H,44,50)(H,45,55)(H,46,51)(H,47,53)/t25-,26-,27-,30-,31+/m0/s1. The number of halogens is 1.